The Balaban J connectivity index is 1.71. The minimum atomic E-state index is 0.759. The van der Waals surface area contributed by atoms with Gasteiger partial charge in [0.05, 0.1) is 33.4 Å². The van der Waals surface area contributed by atoms with E-state index in [1.54, 1.807) is 12.0 Å². The van der Waals surface area contributed by atoms with Gasteiger partial charge >= 0.3 is 0 Å². The number of benzene rings is 1. The molecule has 134 valence electrons. The highest BCUT2D eigenvalue weighted by molar-refractivity contribution is 5.43. The van der Waals surface area contributed by atoms with Crippen LogP contribution < -0.4 is 14.4 Å². The van der Waals surface area contributed by atoms with Gasteiger partial charge in [0, 0.05) is 11.8 Å². The summed E-state index contributed by atoms with van der Waals surface area (Å²) in [5.41, 5.74) is 1.20. The highest BCUT2D eigenvalue weighted by Crippen LogP contribution is 2.28. The fourth-order valence-corrected chi connectivity index (χ4v) is 3.91. The van der Waals surface area contributed by atoms with Gasteiger partial charge in [-0.05, 0) is 43.4 Å². The van der Waals surface area contributed by atoms with Crippen LogP contribution in [0.25, 0.3) is 0 Å². The molecule has 0 radical (unpaired) electrons. The second-order valence-electron chi connectivity index (χ2n) is 7.39. The SMILES string of the molecule is C=CCc1ccc(OCCCC[NH+]2C[C@H](C)C[C@@H](C)C2)c(OC)c1. The lowest BCUT2D eigenvalue weighted by Gasteiger charge is -2.32. The van der Waals surface area contributed by atoms with Gasteiger partial charge in [-0.15, -0.1) is 6.58 Å². The molecule has 3 nitrogen and oxygen atoms in total. The molecule has 1 aliphatic rings. The average Bonchev–Trinajstić information content (AvgIpc) is 2.55. The lowest BCUT2D eigenvalue weighted by molar-refractivity contribution is -0.912. The van der Waals surface area contributed by atoms with Crippen molar-refractivity contribution in [3.63, 3.8) is 0 Å². The number of rotatable bonds is 9. The zero-order chi connectivity index (χ0) is 17.4. The number of hydrogen-bond acceptors (Lipinski definition) is 2. The molecule has 0 unspecified atom stereocenters. The molecule has 0 aliphatic carbocycles. The fraction of sp³-hybridized carbons (Fsp3) is 0.619. The third-order valence-electron chi connectivity index (χ3n) is 4.87. The average molecular weight is 333 g/mol. The summed E-state index contributed by atoms with van der Waals surface area (Å²) in [5, 5.41) is 0. The van der Waals surface area contributed by atoms with Crippen molar-refractivity contribution in [2.75, 3.05) is 33.4 Å². The van der Waals surface area contributed by atoms with E-state index < -0.39 is 0 Å². The van der Waals surface area contributed by atoms with Crippen molar-refractivity contribution in [3.05, 3.63) is 36.4 Å². The smallest absolute Gasteiger partial charge is 0.161 e. The van der Waals surface area contributed by atoms with E-state index in [-0.39, 0.29) is 0 Å². The first-order valence-electron chi connectivity index (χ1n) is 9.36. The molecular weight excluding hydrogens is 298 g/mol. The van der Waals surface area contributed by atoms with E-state index >= 15 is 0 Å². The Labute approximate surface area is 147 Å². The summed E-state index contributed by atoms with van der Waals surface area (Å²) in [5.74, 6) is 3.41. The van der Waals surface area contributed by atoms with Crippen LogP contribution >= 0.6 is 0 Å². The van der Waals surface area contributed by atoms with Crippen LogP contribution in [-0.4, -0.2) is 33.4 Å². The van der Waals surface area contributed by atoms with E-state index in [9.17, 15) is 0 Å². The van der Waals surface area contributed by atoms with Gasteiger partial charge in [0.15, 0.2) is 11.5 Å². The molecular formula is C21H34NO2+. The molecule has 1 aromatic carbocycles. The maximum Gasteiger partial charge on any atom is 0.161 e. The molecule has 1 fully saturated rings. The van der Waals surface area contributed by atoms with Crippen LogP contribution in [0.4, 0.5) is 0 Å². The topological polar surface area (TPSA) is 22.9 Å². The van der Waals surface area contributed by atoms with Gasteiger partial charge in [0.2, 0.25) is 0 Å². The van der Waals surface area contributed by atoms with Crippen molar-refractivity contribution in [1.82, 2.24) is 0 Å². The summed E-state index contributed by atoms with van der Waals surface area (Å²) in [7, 11) is 1.70. The first-order valence-corrected chi connectivity index (χ1v) is 9.36. The van der Waals surface area contributed by atoms with Gasteiger partial charge in [-0.1, -0.05) is 26.0 Å². The van der Waals surface area contributed by atoms with Crippen molar-refractivity contribution in [2.24, 2.45) is 11.8 Å². The summed E-state index contributed by atoms with van der Waals surface area (Å²) < 4.78 is 11.4. The monoisotopic (exact) mass is 332 g/mol. The number of nitrogens with one attached hydrogen (secondary N) is 1. The Kier molecular flexibility index (Phi) is 7.64. The molecule has 1 heterocycles. The van der Waals surface area contributed by atoms with Crippen LogP contribution in [0.3, 0.4) is 0 Å². The molecule has 0 aromatic heterocycles. The number of piperidine rings is 1. The van der Waals surface area contributed by atoms with Crippen molar-refractivity contribution in [1.29, 1.82) is 0 Å². The zero-order valence-electron chi connectivity index (χ0n) is 15.6. The number of allylic oxidation sites excluding steroid dienone is 1. The van der Waals surface area contributed by atoms with Gasteiger partial charge in [0.1, 0.15) is 0 Å². The van der Waals surface area contributed by atoms with Crippen molar-refractivity contribution in [3.8, 4) is 11.5 Å². The Bertz CT molecular complexity index is 505. The van der Waals surface area contributed by atoms with E-state index in [4.69, 9.17) is 9.47 Å². The maximum atomic E-state index is 5.93. The molecule has 1 aromatic rings. The summed E-state index contributed by atoms with van der Waals surface area (Å²) in [4.78, 5) is 1.77. The first kappa shape index (κ1) is 18.9. The van der Waals surface area contributed by atoms with Crippen LogP contribution in [0.1, 0.15) is 38.7 Å². The van der Waals surface area contributed by atoms with Crippen molar-refractivity contribution >= 4 is 0 Å². The van der Waals surface area contributed by atoms with Gasteiger partial charge < -0.3 is 14.4 Å². The van der Waals surface area contributed by atoms with E-state index in [1.165, 1.54) is 38.0 Å². The molecule has 1 saturated heterocycles. The third kappa shape index (κ3) is 5.86. The summed E-state index contributed by atoms with van der Waals surface area (Å²) in [6.07, 6.45) is 6.48. The number of likely N-dealkylation sites (tertiary alicyclic amines) is 1. The minimum Gasteiger partial charge on any atom is -0.493 e. The molecule has 0 amide bonds. The molecule has 3 heteroatoms. The Morgan fingerprint density at radius 3 is 2.58 bits per heavy atom. The van der Waals surface area contributed by atoms with Crippen LogP contribution in [0.2, 0.25) is 0 Å². The summed E-state index contributed by atoms with van der Waals surface area (Å²) in [6, 6.07) is 6.13. The molecule has 1 N–H and O–H groups in total. The molecule has 2 rings (SSSR count). The highest BCUT2D eigenvalue weighted by Gasteiger charge is 2.24. The van der Waals surface area contributed by atoms with E-state index in [2.05, 4.69) is 26.5 Å². The van der Waals surface area contributed by atoms with Crippen LogP contribution in [0.5, 0.6) is 11.5 Å². The number of unbranched alkanes of at least 4 members (excludes halogenated alkanes) is 1. The maximum absolute atomic E-state index is 5.93. The molecule has 24 heavy (non-hydrogen) atoms. The first-order chi connectivity index (χ1) is 11.6. The molecule has 1 aliphatic heterocycles. The predicted octanol–water partition coefficient (Wildman–Crippen LogP) is 3.14. The quantitative estimate of drug-likeness (QED) is 0.554. The second-order valence-corrected chi connectivity index (χ2v) is 7.39. The summed E-state index contributed by atoms with van der Waals surface area (Å²) in [6.45, 7) is 13.3. The number of quaternary nitrogens is 1. The van der Waals surface area contributed by atoms with Gasteiger partial charge in [-0.25, -0.2) is 0 Å². The van der Waals surface area contributed by atoms with Crippen LogP contribution in [-0.2, 0) is 6.42 Å². The molecule has 0 saturated carbocycles. The predicted molar refractivity (Wildman–Crippen MR) is 100 cm³/mol. The molecule has 0 bridgehead atoms. The normalized spacial score (nSPS) is 23.7. The van der Waals surface area contributed by atoms with Crippen molar-refractivity contribution < 1.29 is 14.4 Å². The van der Waals surface area contributed by atoms with Crippen LogP contribution in [0.15, 0.2) is 30.9 Å². The lowest BCUT2D eigenvalue weighted by atomic mass is 9.92. The van der Waals surface area contributed by atoms with E-state index in [1.807, 2.05) is 18.2 Å². The van der Waals surface area contributed by atoms with Crippen LogP contribution in [0, 0.1) is 11.8 Å². The minimum absolute atomic E-state index is 0.759. The van der Waals surface area contributed by atoms with Gasteiger partial charge in [-0.3, -0.25) is 0 Å². The number of hydrogen-bond donors (Lipinski definition) is 1. The Morgan fingerprint density at radius 2 is 1.92 bits per heavy atom. The second kappa shape index (κ2) is 9.73. The zero-order valence-corrected chi connectivity index (χ0v) is 15.6. The highest BCUT2D eigenvalue weighted by atomic mass is 16.5. The molecule has 0 spiro atoms. The summed E-state index contributed by atoms with van der Waals surface area (Å²) >= 11 is 0. The van der Waals surface area contributed by atoms with Crippen molar-refractivity contribution in [2.45, 2.75) is 39.5 Å². The van der Waals surface area contributed by atoms with E-state index in [0.717, 1.165) is 42.8 Å². The van der Waals surface area contributed by atoms with E-state index in [0.29, 0.717) is 0 Å². The Hall–Kier alpha value is -1.48. The Morgan fingerprint density at radius 1 is 1.17 bits per heavy atom. The fourth-order valence-electron chi connectivity index (χ4n) is 3.91. The van der Waals surface area contributed by atoms with Gasteiger partial charge in [0.25, 0.3) is 0 Å². The molecule has 2 atom stereocenters. The number of ether oxygens (including phenoxy) is 2. The third-order valence-corrected chi connectivity index (χ3v) is 4.87. The number of methoxy groups -OCH3 is 1. The largest absolute Gasteiger partial charge is 0.493 e. The lowest BCUT2D eigenvalue weighted by Crippen LogP contribution is -3.14. The standard InChI is InChI=1S/C21H33NO2/c1-5-8-19-9-10-20(21(14-19)23-4)24-12-7-6-11-22-15-17(2)13-18(3)16-22/h5,9-10,14,17-18H,1,6-8,11-13,15-16H2,2-4H3/p+1/t17-,18-/m1/s1. The van der Waals surface area contributed by atoms with Gasteiger partial charge in [-0.2, -0.15) is 0 Å².